The van der Waals surface area contributed by atoms with Crippen LogP contribution in [-0.4, -0.2) is 75.0 Å². The third-order valence-corrected chi connectivity index (χ3v) is 9.08. The number of carboxylic acid groups (broad SMARTS) is 1. The lowest BCUT2D eigenvalue weighted by Gasteiger charge is -2.19. The van der Waals surface area contributed by atoms with Crippen molar-refractivity contribution in [3.05, 3.63) is 125 Å². The number of hydrogen-bond donors (Lipinski definition) is 7. The third-order valence-electron chi connectivity index (χ3n) is 8.82. The van der Waals surface area contributed by atoms with Gasteiger partial charge in [0.15, 0.2) is 6.61 Å². The molecule has 7 N–H and O–H groups in total. The Bertz CT molecular complexity index is 2370. The molecule has 0 aliphatic heterocycles. The topological polar surface area (TPSA) is 226 Å². The van der Waals surface area contributed by atoms with Gasteiger partial charge in [0.2, 0.25) is 11.9 Å². The second kappa shape index (κ2) is 18.5. The molecule has 1 atom stereocenters. The van der Waals surface area contributed by atoms with Crippen LogP contribution in [0.15, 0.2) is 103 Å². The van der Waals surface area contributed by atoms with Crippen molar-refractivity contribution < 1.29 is 47.0 Å². The fourth-order valence-electron chi connectivity index (χ4n) is 5.67. The highest BCUT2D eigenvalue weighted by molar-refractivity contribution is 6.39. The van der Waals surface area contributed by atoms with Gasteiger partial charge >= 0.3 is 30.0 Å². The normalized spacial score (nSPS) is 13.2. The van der Waals surface area contributed by atoms with E-state index in [-0.39, 0.29) is 41.7 Å². The first-order valence-electron chi connectivity index (χ1n) is 18.1. The summed E-state index contributed by atoms with van der Waals surface area (Å²) < 4.78 is 43.7. The zero-order valence-corrected chi connectivity index (χ0v) is 31.9. The summed E-state index contributed by atoms with van der Waals surface area (Å²) in [5.41, 5.74) is 1.60. The van der Waals surface area contributed by atoms with E-state index >= 15 is 0 Å². The molecule has 16 nitrogen and oxygen atoms in total. The Morgan fingerprint density at radius 2 is 1.43 bits per heavy atom. The minimum atomic E-state index is -4.66. The maximum atomic E-state index is 13.0. The number of ether oxygens (including phenoxy) is 1. The SMILES string of the molecule is O=C(NCC[C@H](NC(=O)c1ccc(Nc2nc(NC3(c4ccc(Cl)cc4)CC3)nc(OCC(F)(F)F)n2)cc1)C(=O)O)C(=O)Nc1cccc(C(=O)Nc2ccccc2)c1. The first-order chi connectivity index (χ1) is 28.6. The number of nitrogens with one attached hydrogen (secondary N) is 6. The Hall–Kier alpha value is -7.28. The van der Waals surface area contributed by atoms with Crippen molar-refractivity contribution in [2.45, 2.75) is 37.0 Å². The van der Waals surface area contributed by atoms with Crippen molar-refractivity contribution in [3.8, 4) is 6.01 Å². The molecule has 20 heteroatoms. The van der Waals surface area contributed by atoms with E-state index in [2.05, 4.69) is 46.9 Å². The van der Waals surface area contributed by atoms with E-state index in [9.17, 15) is 42.3 Å². The predicted molar refractivity (Wildman–Crippen MR) is 213 cm³/mol. The molecule has 1 aliphatic carbocycles. The molecule has 0 saturated heterocycles. The van der Waals surface area contributed by atoms with Gasteiger partial charge in [-0.3, -0.25) is 19.2 Å². The Kier molecular flexibility index (Phi) is 13.1. The number of rotatable bonds is 16. The molecule has 1 aliphatic rings. The molecule has 1 heterocycles. The number of carboxylic acids is 1. The Morgan fingerprint density at radius 3 is 2.10 bits per heavy atom. The summed E-state index contributed by atoms with van der Waals surface area (Å²) in [5, 5.41) is 26.0. The predicted octanol–water partition coefficient (Wildman–Crippen LogP) is 5.89. The summed E-state index contributed by atoms with van der Waals surface area (Å²) >= 11 is 6.03. The number of amides is 4. The van der Waals surface area contributed by atoms with Crippen molar-refractivity contribution in [3.63, 3.8) is 0 Å². The standard InChI is InChI=1S/C40H35ClF3N9O7/c41-26-13-11-25(12-14-26)39(18-19-39)53-37-50-36(51-38(52-37)60-22-40(42,43)44)48-28-15-9-23(10-16-28)31(54)49-30(35(58)59)17-20-45-33(56)34(57)47-29-8-4-5-24(21-29)32(55)46-27-6-2-1-3-7-27/h1-16,21,30H,17-20,22H2,(H,45,56)(H,46,55)(H,47,57)(H,49,54)(H,58,59)(H2,48,50,51,52,53)/t30-/m0/s1. The number of carbonyl (C=O) groups excluding carboxylic acids is 4. The molecule has 1 fully saturated rings. The number of alkyl halides is 3. The fourth-order valence-corrected chi connectivity index (χ4v) is 5.79. The molecule has 0 spiro atoms. The zero-order chi connectivity index (χ0) is 42.9. The summed E-state index contributed by atoms with van der Waals surface area (Å²) in [4.78, 5) is 74.9. The van der Waals surface area contributed by atoms with Gasteiger partial charge in [-0.15, -0.1) is 0 Å². The van der Waals surface area contributed by atoms with Gasteiger partial charge < -0.3 is 41.7 Å². The van der Waals surface area contributed by atoms with Gasteiger partial charge in [-0.25, -0.2) is 4.79 Å². The third kappa shape index (κ3) is 11.9. The van der Waals surface area contributed by atoms with Crippen LogP contribution in [0.5, 0.6) is 6.01 Å². The van der Waals surface area contributed by atoms with E-state index in [4.69, 9.17) is 16.3 Å². The number of aliphatic carboxylic acids is 1. The molecule has 0 unspecified atom stereocenters. The summed E-state index contributed by atoms with van der Waals surface area (Å²) in [6, 6.07) is 25.2. The highest BCUT2D eigenvalue weighted by Gasteiger charge is 2.45. The minimum Gasteiger partial charge on any atom is -0.480 e. The van der Waals surface area contributed by atoms with E-state index in [0.717, 1.165) is 5.56 Å². The number of carbonyl (C=O) groups is 5. The first kappa shape index (κ1) is 42.3. The molecule has 4 aromatic carbocycles. The summed E-state index contributed by atoms with van der Waals surface area (Å²) in [6.07, 6.45) is -3.57. The Balaban J connectivity index is 1.02. The van der Waals surface area contributed by atoms with Gasteiger partial charge in [0, 0.05) is 39.8 Å². The summed E-state index contributed by atoms with van der Waals surface area (Å²) in [6.45, 7) is -1.95. The lowest BCUT2D eigenvalue weighted by atomic mass is 10.1. The zero-order valence-electron chi connectivity index (χ0n) is 31.2. The molecule has 1 saturated carbocycles. The number of nitrogens with zero attached hydrogens (tertiary/aromatic N) is 3. The fraction of sp³-hybridized carbons (Fsp3) is 0.200. The van der Waals surface area contributed by atoms with Gasteiger partial charge in [-0.2, -0.15) is 28.1 Å². The maximum absolute atomic E-state index is 13.0. The van der Waals surface area contributed by atoms with Gasteiger partial charge in [-0.1, -0.05) is 48.0 Å². The van der Waals surface area contributed by atoms with Gasteiger partial charge in [0.1, 0.15) is 6.04 Å². The smallest absolute Gasteiger partial charge is 0.422 e. The lowest BCUT2D eigenvalue weighted by Crippen LogP contribution is -2.44. The molecular weight excluding hydrogens is 811 g/mol. The number of benzene rings is 4. The van der Waals surface area contributed by atoms with Crippen LogP contribution >= 0.6 is 11.6 Å². The van der Waals surface area contributed by atoms with Crippen molar-refractivity contribution in [1.29, 1.82) is 0 Å². The lowest BCUT2D eigenvalue weighted by molar-refractivity contribution is -0.154. The van der Waals surface area contributed by atoms with Crippen molar-refractivity contribution in [2.75, 3.05) is 34.4 Å². The molecule has 310 valence electrons. The molecule has 60 heavy (non-hydrogen) atoms. The molecule has 0 radical (unpaired) electrons. The average Bonchev–Trinajstić information content (AvgIpc) is 4.00. The van der Waals surface area contributed by atoms with Gasteiger partial charge in [-0.05, 0) is 91.6 Å². The highest BCUT2D eigenvalue weighted by Crippen LogP contribution is 2.48. The molecule has 6 rings (SSSR count). The second-order valence-electron chi connectivity index (χ2n) is 13.3. The number of para-hydroxylation sites is 1. The Labute approximate surface area is 344 Å². The monoisotopic (exact) mass is 845 g/mol. The van der Waals surface area contributed by atoms with Crippen LogP contribution < -0.4 is 36.6 Å². The van der Waals surface area contributed by atoms with E-state index in [0.29, 0.717) is 29.2 Å². The number of anilines is 5. The van der Waals surface area contributed by atoms with Crippen LogP contribution in [0.3, 0.4) is 0 Å². The minimum absolute atomic E-state index is 0.0423. The van der Waals surface area contributed by atoms with Crippen molar-refractivity contribution in [2.24, 2.45) is 0 Å². The molecule has 1 aromatic heterocycles. The maximum Gasteiger partial charge on any atom is 0.422 e. The van der Waals surface area contributed by atoms with Crippen LogP contribution in [-0.2, 0) is 19.9 Å². The largest absolute Gasteiger partial charge is 0.480 e. The van der Waals surface area contributed by atoms with Crippen LogP contribution in [0, 0.1) is 0 Å². The first-order valence-corrected chi connectivity index (χ1v) is 18.5. The highest BCUT2D eigenvalue weighted by atomic mass is 35.5. The number of aromatic nitrogens is 3. The van der Waals surface area contributed by atoms with Crippen LogP contribution in [0.4, 0.5) is 42.1 Å². The van der Waals surface area contributed by atoms with E-state index in [1.165, 1.54) is 48.5 Å². The quantitative estimate of drug-likeness (QED) is 0.0578. The second-order valence-corrected chi connectivity index (χ2v) is 13.8. The molecular formula is C40H35ClF3N9O7. The van der Waals surface area contributed by atoms with E-state index in [1.54, 1.807) is 42.5 Å². The number of hydrogen-bond acceptors (Lipinski definition) is 11. The van der Waals surface area contributed by atoms with Crippen molar-refractivity contribution >= 4 is 70.2 Å². The molecule has 4 amide bonds. The van der Waals surface area contributed by atoms with Crippen LogP contribution in [0.25, 0.3) is 0 Å². The van der Waals surface area contributed by atoms with Crippen molar-refractivity contribution in [1.82, 2.24) is 25.6 Å². The van der Waals surface area contributed by atoms with Gasteiger partial charge in [0.25, 0.3) is 11.8 Å². The van der Waals surface area contributed by atoms with Crippen LogP contribution in [0.2, 0.25) is 5.02 Å². The van der Waals surface area contributed by atoms with E-state index in [1.807, 2.05) is 12.1 Å². The number of halogens is 4. The summed E-state index contributed by atoms with van der Waals surface area (Å²) in [5.74, 6) is -5.00. The summed E-state index contributed by atoms with van der Waals surface area (Å²) in [7, 11) is 0. The Morgan fingerprint density at radius 1 is 0.750 bits per heavy atom. The average molecular weight is 846 g/mol. The molecule has 5 aromatic rings. The van der Waals surface area contributed by atoms with Gasteiger partial charge in [0.05, 0.1) is 5.54 Å². The van der Waals surface area contributed by atoms with E-state index < -0.39 is 60.0 Å². The molecule has 0 bridgehead atoms. The van der Waals surface area contributed by atoms with Crippen LogP contribution in [0.1, 0.15) is 45.5 Å².